The molecular weight excluding hydrogens is 212 g/mol. The molecule has 2 bridgehead atoms. The fraction of sp³-hybridized carbons (Fsp3) is 0.533. The summed E-state index contributed by atoms with van der Waals surface area (Å²) < 4.78 is 5.29. The van der Waals surface area contributed by atoms with E-state index in [4.69, 9.17) is 4.74 Å². The van der Waals surface area contributed by atoms with Crippen molar-refractivity contribution >= 4 is 5.78 Å². The molecule has 1 aromatic rings. The van der Waals surface area contributed by atoms with E-state index in [2.05, 4.69) is 6.07 Å². The number of ether oxygens (including phenoxy) is 1. The van der Waals surface area contributed by atoms with Gasteiger partial charge in [0.2, 0.25) is 0 Å². The summed E-state index contributed by atoms with van der Waals surface area (Å²) in [5.41, 5.74) is 2.24. The van der Waals surface area contributed by atoms with Gasteiger partial charge < -0.3 is 4.74 Å². The first-order valence-electron chi connectivity index (χ1n) is 6.51. The Morgan fingerprint density at radius 3 is 2.71 bits per heavy atom. The maximum absolute atomic E-state index is 12.4. The molecular formula is C15H16O2. The number of carbonyl (C=O) groups excluding carboxylic acids is 1. The Kier molecular flexibility index (Phi) is 1.78. The highest BCUT2D eigenvalue weighted by molar-refractivity contribution is 6.04. The number of fused-ring (bicyclic) bond motifs is 7. The van der Waals surface area contributed by atoms with Crippen molar-refractivity contribution in [1.29, 1.82) is 0 Å². The van der Waals surface area contributed by atoms with Crippen LogP contribution in [0.3, 0.4) is 0 Å². The molecule has 0 unspecified atom stereocenters. The van der Waals surface area contributed by atoms with Gasteiger partial charge in [-0.15, -0.1) is 0 Å². The van der Waals surface area contributed by atoms with Gasteiger partial charge in [0.05, 0.1) is 7.11 Å². The molecule has 4 rings (SSSR count). The number of Topliss-reactive ketones (excluding diaryl/α,β-unsaturated/α-hetero) is 1. The van der Waals surface area contributed by atoms with Crippen LogP contribution in [0.5, 0.6) is 5.75 Å². The molecule has 2 fully saturated rings. The van der Waals surface area contributed by atoms with Gasteiger partial charge in [0.25, 0.3) is 0 Å². The first-order valence-corrected chi connectivity index (χ1v) is 6.51. The van der Waals surface area contributed by atoms with Crippen molar-refractivity contribution in [2.45, 2.75) is 25.2 Å². The summed E-state index contributed by atoms with van der Waals surface area (Å²) in [4.78, 5) is 12.4. The van der Waals surface area contributed by atoms with Crippen LogP contribution in [0.4, 0.5) is 0 Å². The van der Waals surface area contributed by atoms with Crippen molar-refractivity contribution in [2.75, 3.05) is 7.11 Å². The minimum Gasteiger partial charge on any atom is -0.497 e. The second-order valence-corrected chi connectivity index (χ2v) is 5.70. The number of carbonyl (C=O) groups is 1. The topological polar surface area (TPSA) is 26.3 Å². The van der Waals surface area contributed by atoms with Crippen molar-refractivity contribution < 1.29 is 9.53 Å². The molecule has 0 heterocycles. The van der Waals surface area contributed by atoms with Crippen LogP contribution in [0.15, 0.2) is 18.2 Å². The van der Waals surface area contributed by atoms with Crippen LogP contribution in [0.1, 0.15) is 41.1 Å². The Balaban J connectivity index is 1.87. The van der Waals surface area contributed by atoms with Gasteiger partial charge in [0.1, 0.15) is 5.75 Å². The summed E-state index contributed by atoms with van der Waals surface area (Å²) in [5.74, 6) is 3.51. The Bertz CT molecular complexity index is 506. The van der Waals surface area contributed by atoms with Crippen LogP contribution in [0.2, 0.25) is 0 Å². The van der Waals surface area contributed by atoms with E-state index >= 15 is 0 Å². The van der Waals surface area contributed by atoms with Crippen LogP contribution in [0, 0.1) is 17.8 Å². The Hall–Kier alpha value is -1.31. The first-order chi connectivity index (χ1) is 8.29. The number of benzene rings is 1. The average Bonchev–Trinajstić information content (AvgIpc) is 3.02. The molecule has 0 aromatic heterocycles. The SMILES string of the molecule is COc1ccc2c(c1)[C@@H]1[C@H]3CC[C@H](C3)[C@@H]1C2=O. The van der Waals surface area contributed by atoms with Crippen LogP contribution < -0.4 is 4.74 Å². The van der Waals surface area contributed by atoms with E-state index in [1.807, 2.05) is 12.1 Å². The smallest absolute Gasteiger partial charge is 0.167 e. The lowest BCUT2D eigenvalue weighted by molar-refractivity contribution is 0.0883. The van der Waals surface area contributed by atoms with E-state index in [0.29, 0.717) is 23.5 Å². The predicted molar refractivity (Wildman–Crippen MR) is 64.4 cm³/mol. The summed E-state index contributed by atoms with van der Waals surface area (Å²) in [5, 5.41) is 0. The van der Waals surface area contributed by atoms with Gasteiger partial charge in [0, 0.05) is 11.5 Å². The van der Waals surface area contributed by atoms with Crippen molar-refractivity contribution in [3.8, 4) is 5.75 Å². The number of ketones is 1. The third-order valence-electron chi connectivity index (χ3n) is 5.10. The third kappa shape index (κ3) is 1.09. The van der Waals surface area contributed by atoms with Gasteiger partial charge in [0.15, 0.2) is 5.78 Å². The second-order valence-electron chi connectivity index (χ2n) is 5.70. The fourth-order valence-corrected chi connectivity index (χ4v) is 4.46. The van der Waals surface area contributed by atoms with Crippen LogP contribution in [-0.2, 0) is 0 Å². The molecule has 0 spiro atoms. The zero-order valence-corrected chi connectivity index (χ0v) is 9.98. The zero-order valence-electron chi connectivity index (χ0n) is 9.98. The molecule has 0 radical (unpaired) electrons. The van der Waals surface area contributed by atoms with Crippen molar-refractivity contribution in [2.24, 2.45) is 17.8 Å². The van der Waals surface area contributed by atoms with E-state index in [1.165, 1.54) is 24.8 Å². The van der Waals surface area contributed by atoms with Crippen LogP contribution in [-0.4, -0.2) is 12.9 Å². The molecule has 0 amide bonds. The molecule has 2 heteroatoms. The predicted octanol–water partition coefficient (Wildman–Crippen LogP) is 3.02. The van der Waals surface area contributed by atoms with Crippen LogP contribution >= 0.6 is 0 Å². The second kappa shape index (κ2) is 3.12. The minimum absolute atomic E-state index is 0.302. The highest BCUT2D eigenvalue weighted by atomic mass is 16.5. The molecule has 3 aliphatic rings. The third-order valence-corrected chi connectivity index (χ3v) is 5.10. The monoisotopic (exact) mass is 228 g/mol. The lowest BCUT2D eigenvalue weighted by Crippen LogP contribution is -2.20. The molecule has 3 aliphatic carbocycles. The van der Waals surface area contributed by atoms with E-state index < -0.39 is 0 Å². The van der Waals surface area contributed by atoms with E-state index in [1.54, 1.807) is 7.11 Å². The Labute approximate surface area is 101 Å². The highest BCUT2D eigenvalue weighted by Gasteiger charge is 2.55. The molecule has 88 valence electrons. The van der Waals surface area contributed by atoms with Crippen molar-refractivity contribution in [3.05, 3.63) is 29.3 Å². The summed E-state index contributed by atoms with van der Waals surface area (Å²) in [6.07, 6.45) is 3.86. The molecule has 4 atom stereocenters. The molecule has 17 heavy (non-hydrogen) atoms. The van der Waals surface area contributed by atoms with Gasteiger partial charge in [-0.25, -0.2) is 0 Å². The highest BCUT2D eigenvalue weighted by Crippen LogP contribution is 2.61. The largest absolute Gasteiger partial charge is 0.497 e. The number of rotatable bonds is 1. The average molecular weight is 228 g/mol. The Morgan fingerprint density at radius 1 is 1.18 bits per heavy atom. The molecule has 2 nitrogen and oxygen atoms in total. The maximum Gasteiger partial charge on any atom is 0.167 e. The minimum atomic E-state index is 0.302. The standard InChI is InChI=1S/C15H16O2/c1-17-10-4-5-11-12(7-10)13-8-2-3-9(6-8)14(13)15(11)16/h4-5,7-9,13-14H,2-3,6H2,1H3/t8-,9+,13-,14-/m0/s1. The number of hydrogen-bond acceptors (Lipinski definition) is 2. The molecule has 0 saturated heterocycles. The first kappa shape index (κ1) is 9.69. The van der Waals surface area contributed by atoms with Gasteiger partial charge in [-0.2, -0.15) is 0 Å². The van der Waals surface area contributed by atoms with Crippen molar-refractivity contribution in [1.82, 2.24) is 0 Å². The van der Waals surface area contributed by atoms with E-state index in [0.717, 1.165) is 17.2 Å². The van der Waals surface area contributed by atoms with Gasteiger partial charge >= 0.3 is 0 Å². The number of methoxy groups -OCH3 is 1. The molecule has 0 aliphatic heterocycles. The fourth-order valence-electron chi connectivity index (χ4n) is 4.46. The normalized spacial score (nSPS) is 37.1. The molecule has 1 aromatic carbocycles. The quantitative estimate of drug-likeness (QED) is 0.738. The van der Waals surface area contributed by atoms with E-state index in [-0.39, 0.29) is 0 Å². The summed E-state index contributed by atoms with van der Waals surface area (Å²) in [6.45, 7) is 0. The number of hydrogen-bond donors (Lipinski definition) is 0. The summed E-state index contributed by atoms with van der Waals surface area (Å²) >= 11 is 0. The van der Waals surface area contributed by atoms with Gasteiger partial charge in [-0.1, -0.05) is 0 Å². The summed E-state index contributed by atoms with van der Waals surface area (Å²) in [6, 6.07) is 5.98. The van der Waals surface area contributed by atoms with Crippen molar-refractivity contribution in [3.63, 3.8) is 0 Å². The van der Waals surface area contributed by atoms with E-state index in [9.17, 15) is 4.79 Å². The lowest BCUT2D eigenvalue weighted by Gasteiger charge is -2.23. The van der Waals surface area contributed by atoms with Crippen LogP contribution in [0.25, 0.3) is 0 Å². The van der Waals surface area contributed by atoms with Gasteiger partial charge in [-0.3, -0.25) is 4.79 Å². The summed E-state index contributed by atoms with van der Waals surface area (Å²) in [7, 11) is 1.69. The molecule has 2 saturated carbocycles. The molecule has 0 N–H and O–H groups in total. The lowest BCUT2D eigenvalue weighted by atomic mass is 9.79. The van der Waals surface area contributed by atoms with Gasteiger partial charge in [-0.05, 0) is 60.8 Å². The maximum atomic E-state index is 12.4. The zero-order chi connectivity index (χ0) is 11.6. The Morgan fingerprint density at radius 2 is 1.94 bits per heavy atom.